The first-order valence-corrected chi connectivity index (χ1v) is 6.76. The van der Waals surface area contributed by atoms with E-state index in [1.54, 1.807) is 0 Å². The average Bonchev–Trinajstić information content (AvgIpc) is 2.76. The van der Waals surface area contributed by atoms with E-state index in [1.807, 2.05) is 11.9 Å². The van der Waals surface area contributed by atoms with Crippen molar-refractivity contribution in [1.29, 1.82) is 0 Å². The Morgan fingerprint density at radius 3 is 2.88 bits per heavy atom. The molecular formula is C13H24N2O2. The Morgan fingerprint density at radius 1 is 1.47 bits per heavy atom. The van der Waals surface area contributed by atoms with Gasteiger partial charge < -0.3 is 15.0 Å². The van der Waals surface area contributed by atoms with Gasteiger partial charge in [0.2, 0.25) is 5.91 Å². The highest BCUT2D eigenvalue weighted by atomic mass is 16.5. The Morgan fingerprint density at radius 2 is 2.29 bits per heavy atom. The van der Waals surface area contributed by atoms with E-state index in [1.165, 1.54) is 12.8 Å². The molecule has 0 saturated carbocycles. The fraction of sp³-hybridized carbons (Fsp3) is 0.923. The number of piperidine rings is 1. The molecule has 0 radical (unpaired) electrons. The molecule has 1 N–H and O–H groups in total. The maximum atomic E-state index is 12.2. The highest BCUT2D eigenvalue weighted by molar-refractivity contribution is 5.76. The lowest BCUT2D eigenvalue weighted by Crippen LogP contribution is -2.42. The van der Waals surface area contributed by atoms with Gasteiger partial charge in [0.25, 0.3) is 0 Å². The van der Waals surface area contributed by atoms with Crippen molar-refractivity contribution in [1.82, 2.24) is 10.2 Å². The van der Waals surface area contributed by atoms with Gasteiger partial charge in [-0.1, -0.05) is 0 Å². The van der Waals surface area contributed by atoms with Crippen LogP contribution in [0.5, 0.6) is 0 Å². The van der Waals surface area contributed by atoms with Gasteiger partial charge in [-0.3, -0.25) is 4.79 Å². The lowest BCUT2D eigenvalue weighted by atomic mass is 9.95. The van der Waals surface area contributed by atoms with Gasteiger partial charge in [0, 0.05) is 20.1 Å². The highest BCUT2D eigenvalue weighted by Gasteiger charge is 2.31. The Bertz CT molecular complexity index is 264. The predicted octanol–water partition coefficient (Wildman–Crippen LogP) is 1.01. The molecule has 0 aromatic carbocycles. The number of ether oxygens (including phenoxy) is 1. The van der Waals surface area contributed by atoms with E-state index in [9.17, 15) is 4.79 Å². The monoisotopic (exact) mass is 240 g/mol. The van der Waals surface area contributed by atoms with Crippen molar-refractivity contribution < 1.29 is 9.53 Å². The zero-order valence-electron chi connectivity index (χ0n) is 10.9. The third kappa shape index (κ3) is 3.19. The Hall–Kier alpha value is -0.610. The van der Waals surface area contributed by atoms with Gasteiger partial charge in [-0.2, -0.15) is 0 Å². The Balaban J connectivity index is 1.81. The summed E-state index contributed by atoms with van der Waals surface area (Å²) in [5, 5.41) is 3.36. The molecule has 4 heteroatoms. The standard InChI is InChI=1S/C13H24N2O2/c1-10-12(5-7-17-10)15(2)13(16)8-11-4-3-6-14-9-11/h10-12,14H,3-9H2,1-2H3. The average molecular weight is 240 g/mol. The van der Waals surface area contributed by atoms with Crippen LogP contribution in [0.3, 0.4) is 0 Å². The second-order valence-electron chi connectivity index (χ2n) is 5.35. The molecule has 2 aliphatic rings. The molecule has 2 rings (SSSR count). The molecule has 3 atom stereocenters. The number of carbonyl (C=O) groups is 1. The lowest BCUT2D eigenvalue weighted by molar-refractivity contribution is -0.134. The van der Waals surface area contributed by atoms with Crippen LogP contribution in [0.25, 0.3) is 0 Å². The molecule has 0 aromatic heterocycles. The van der Waals surface area contributed by atoms with E-state index >= 15 is 0 Å². The van der Waals surface area contributed by atoms with Gasteiger partial charge in [0.15, 0.2) is 0 Å². The van der Waals surface area contributed by atoms with Crippen molar-refractivity contribution in [3.63, 3.8) is 0 Å². The van der Waals surface area contributed by atoms with E-state index in [2.05, 4.69) is 12.2 Å². The van der Waals surface area contributed by atoms with Crippen molar-refractivity contribution >= 4 is 5.91 Å². The number of hydrogen-bond donors (Lipinski definition) is 1. The van der Waals surface area contributed by atoms with Gasteiger partial charge in [-0.25, -0.2) is 0 Å². The Labute approximate surface area is 104 Å². The molecule has 2 saturated heterocycles. The molecule has 0 aliphatic carbocycles. The highest BCUT2D eigenvalue weighted by Crippen LogP contribution is 2.21. The van der Waals surface area contributed by atoms with Gasteiger partial charge in [-0.15, -0.1) is 0 Å². The summed E-state index contributed by atoms with van der Waals surface area (Å²) in [6, 6.07) is 0.277. The van der Waals surface area contributed by atoms with E-state index in [0.29, 0.717) is 12.3 Å². The fourth-order valence-corrected chi connectivity index (χ4v) is 2.90. The number of nitrogens with one attached hydrogen (secondary N) is 1. The first-order chi connectivity index (χ1) is 8.18. The second-order valence-corrected chi connectivity index (χ2v) is 5.35. The van der Waals surface area contributed by atoms with Crippen molar-refractivity contribution in [3.8, 4) is 0 Å². The van der Waals surface area contributed by atoms with Gasteiger partial charge >= 0.3 is 0 Å². The topological polar surface area (TPSA) is 41.6 Å². The molecule has 2 aliphatic heterocycles. The summed E-state index contributed by atoms with van der Waals surface area (Å²) in [6.45, 7) is 4.95. The van der Waals surface area contributed by atoms with Crippen molar-refractivity contribution in [2.75, 3.05) is 26.7 Å². The van der Waals surface area contributed by atoms with E-state index < -0.39 is 0 Å². The van der Waals surface area contributed by atoms with Gasteiger partial charge in [-0.05, 0) is 45.2 Å². The summed E-state index contributed by atoms with van der Waals surface area (Å²) in [5.74, 6) is 0.803. The summed E-state index contributed by atoms with van der Waals surface area (Å²) >= 11 is 0. The maximum Gasteiger partial charge on any atom is 0.222 e. The third-order valence-corrected chi connectivity index (χ3v) is 4.09. The lowest BCUT2D eigenvalue weighted by Gasteiger charge is -2.29. The minimum Gasteiger partial charge on any atom is -0.376 e. The van der Waals surface area contributed by atoms with E-state index in [0.717, 1.165) is 26.1 Å². The maximum absolute atomic E-state index is 12.2. The molecule has 1 amide bonds. The summed E-state index contributed by atoms with van der Waals surface area (Å²) in [7, 11) is 1.93. The molecule has 0 aromatic rings. The molecule has 98 valence electrons. The van der Waals surface area contributed by atoms with Crippen molar-refractivity contribution in [2.45, 2.75) is 44.8 Å². The number of amides is 1. The number of carbonyl (C=O) groups excluding carboxylic acids is 1. The zero-order chi connectivity index (χ0) is 12.3. The van der Waals surface area contributed by atoms with Crippen LogP contribution in [0.4, 0.5) is 0 Å². The summed E-state index contributed by atoms with van der Waals surface area (Å²) < 4.78 is 5.52. The fourth-order valence-electron chi connectivity index (χ4n) is 2.90. The quantitative estimate of drug-likeness (QED) is 0.800. The first-order valence-electron chi connectivity index (χ1n) is 6.76. The van der Waals surface area contributed by atoms with E-state index in [4.69, 9.17) is 4.74 Å². The third-order valence-electron chi connectivity index (χ3n) is 4.09. The zero-order valence-corrected chi connectivity index (χ0v) is 10.9. The predicted molar refractivity (Wildman–Crippen MR) is 66.8 cm³/mol. The number of rotatable bonds is 3. The minimum atomic E-state index is 0.188. The Kier molecular flexibility index (Phi) is 4.40. The van der Waals surface area contributed by atoms with Gasteiger partial charge in [0.1, 0.15) is 0 Å². The van der Waals surface area contributed by atoms with Crippen molar-refractivity contribution in [2.24, 2.45) is 5.92 Å². The van der Waals surface area contributed by atoms with Crippen LogP contribution in [0.15, 0.2) is 0 Å². The van der Waals surface area contributed by atoms with Gasteiger partial charge in [0.05, 0.1) is 12.1 Å². The molecule has 4 nitrogen and oxygen atoms in total. The van der Waals surface area contributed by atoms with Crippen LogP contribution in [-0.2, 0) is 9.53 Å². The summed E-state index contributed by atoms with van der Waals surface area (Å²) in [4.78, 5) is 14.1. The molecule has 17 heavy (non-hydrogen) atoms. The largest absolute Gasteiger partial charge is 0.376 e. The molecule has 0 bridgehead atoms. The number of likely N-dealkylation sites (N-methyl/N-ethyl adjacent to an activating group) is 1. The SMILES string of the molecule is CC1OCCC1N(C)C(=O)CC1CCCNC1. The minimum absolute atomic E-state index is 0.188. The van der Waals surface area contributed by atoms with E-state index in [-0.39, 0.29) is 18.1 Å². The molecule has 0 spiro atoms. The van der Waals surface area contributed by atoms with Crippen LogP contribution in [-0.4, -0.2) is 49.7 Å². The van der Waals surface area contributed by atoms with Crippen LogP contribution in [0.1, 0.15) is 32.6 Å². The van der Waals surface area contributed by atoms with Crippen LogP contribution in [0.2, 0.25) is 0 Å². The molecule has 2 fully saturated rings. The smallest absolute Gasteiger partial charge is 0.222 e. The number of nitrogens with zero attached hydrogens (tertiary/aromatic N) is 1. The van der Waals surface area contributed by atoms with Crippen LogP contribution in [0, 0.1) is 5.92 Å². The molecule has 3 unspecified atom stereocenters. The van der Waals surface area contributed by atoms with Crippen LogP contribution < -0.4 is 5.32 Å². The number of hydrogen-bond acceptors (Lipinski definition) is 3. The summed E-state index contributed by atoms with van der Waals surface area (Å²) in [6.07, 6.45) is 4.24. The normalized spacial score (nSPS) is 33.6. The molecule has 2 heterocycles. The molecular weight excluding hydrogens is 216 g/mol. The summed E-state index contributed by atoms with van der Waals surface area (Å²) in [5.41, 5.74) is 0. The second kappa shape index (κ2) is 5.83. The van der Waals surface area contributed by atoms with Crippen molar-refractivity contribution in [3.05, 3.63) is 0 Å². The first kappa shape index (κ1) is 12.8. The van der Waals surface area contributed by atoms with Crippen LogP contribution >= 0.6 is 0 Å².